The maximum atomic E-state index is 13.3. The molecule has 1 amide bonds. The van der Waals surface area contributed by atoms with Crippen LogP contribution in [0.1, 0.15) is 18.5 Å². The third-order valence-electron chi connectivity index (χ3n) is 6.52. The van der Waals surface area contributed by atoms with Gasteiger partial charge in [-0.25, -0.2) is 4.98 Å². The van der Waals surface area contributed by atoms with E-state index in [4.69, 9.17) is 9.26 Å². The summed E-state index contributed by atoms with van der Waals surface area (Å²) in [5.41, 5.74) is 2.44. The van der Waals surface area contributed by atoms with Crippen molar-refractivity contribution in [2.24, 2.45) is 5.92 Å². The minimum Gasteiger partial charge on any atom is -0.497 e. The third kappa shape index (κ3) is 3.83. The number of piperidine rings is 1. The topological polar surface area (TPSA) is 87.8 Å². The van der Waals surface area contributed by atoms with Crippen LogP contribution in [0.3, 0.4) is 0 Å². The molecule has 2 fully saturated rings. The van der Waals surface area contributed by atoms with Crippen molar-refractivity contribution >= 4 is 28.5 Å². The summed E-state index contributed by atoms with van der Waals surface area (Å²) in [5.74, 6) is 1.89. The Labute approximate surface area is 186 Å². The second kappa shape index (κ2) is 8.64. The molecule has 0 N–H and O–H groups in total. The van der Waals surface area contributed by atoms with E-state index in [9.17, 15) is 4.79 Å². The van der Waals surface area contributed by atoms with E-state index in [0.717, 1.165) is 68.2 Å². The number of rotatable bonds is 4. The Kier molecular flexibility index (Phi) is 5.55. The molecular weight excluding hydrogens is 408 g/mol. The fourth-order valence-electron chi connectivity index (χ4n) is 4.75. The number of anilines is 2. The molecule has 2 aliphatic rings. The molecule has 1 aromatic carbocycles. The lowest BCUT2D eigenvalue weighted by Gasteiger charge is -2.40. The number of fused-ring (bicyclic) bond motifs is 1. The fraction of sp³-hybridized carbons (Fsp3) is 0.478. The molecule has 9 heteroatoms. The van der Waals surface area contributed by atoms with Gasteiger partial charge >= 0.3 is 0 Å². The van der Waals surface area contributed by atoms with Gasteiger partial charge in [-0.1, -0.05) is 5.16 Å². The van der Waals surface area contributed by atoms with Crippen molar-refractivity contribution in [2.45, 2.75) is 19.8 Å². The molecule has 1 atom stereocenters. The van der Waals surface area contributed by atoms with E-state index >= 15 is 0 Å². The molecule has 0 aliphatic carbocycles. The first kappa shape index (κ1) is 20.5. The number of benzene rings is 1. The Hall–Kier alpha value is -3.36. The summed E-state index contributed by atoms with van der Waals surface area (Å²) in [6.45, 7) is 6.57. The average molecular weight is 437 g/mol. The zero-order valence-corrected chi connectivity index (χ0v) is 18.5. The van der Waals surface area contributed by atoms with E-state index in [-0.39, 0.29) is 11.8 Å². The van der Waals surface area contributed by atoms with Crippen LogP contribution < -0.4 is 14.5 Å². The summed E-state index contributed by atoms with van der Waals surface area (Å²) in [4.78, 5) is 28.5. The summed E-state index contributed by atoms with van der Waals surface area (Å²) in [7, 11) is 1.67. The summed E-state index contributed by atoms with van der Waals surface area (Å²) in [6.07, 6.45) is 3.37. The van der Waals surface area contributed by atoms with Gasteiger partial charge in [0.15, 0.2) is 0 Å². The zero-order valence-electron chi connectivity index (χ0n) is 18.5. The molecule has 0 unspecified atom stereocenters. The number of carbonyl (C=O) groups excluding carboxylic acids is 1. The maximum absolute atomic E-state index is 13.3. The molecule has 0 bridgehead atoms. The van der Waals surface area contributed by atoms with Gasteiger partial charge in [-0.15, -0.1) is 0 Å². The molecular formula is C23H28N6O3. The number of ether oxygens (including phenoxy) is 1. The zero-order chi connectivity index (χ0) is 22.1. The predicted octanol–water partition coefficient (Wildman–Crippen LogP) is 2.50. The molecule has 2 aromatic heterocycles. The predicted molar refractivity (Wildman–Crippen MR) is 121 cm³/mol. The van der Waals surface area contributed by atoms with Gasteiger partial charge in [-0.3, -0.25) is 4.79 Å². The molecule has 5 rings (SSSR count). The van der Waals surface area contributed by atoms with Crippen LogP contribution >= 0.6 is 0 Å². The van der Waals surface area contributed by atoms with Crippen molar-refractivity contribution in [1.82, 2.24) is 20.0 Å². The fourth-order valence-corrected chi connectivity index (χ4v) is 4.75. The van der Waals surface area contributed by atoms with Crippen LogP contribution in [0.2, 0.25) is 0 Å². The molecule has 32 heavy (non-hydrogen) atoms. The molecule has 0 radical (unpaired) electrons. The molecule has 168 valence electrons. The number of carbonyl (C=O) groups is 1. The number of aromatic nitrogens is 3. The smallest absolute Gasteiger partial charge is 0.263 e. The molecule has 4 heterocycles. The Balaban J connectivity index is 1.23. The van der Waals surface area contributed by atoms with Gasteiger partial charge in [0.2, 0.25) is 5.91 Å². The number of aryl methyl sites for hydroxylation is 1. The van der Waals surface area contributed by atoms with Crippen molar-refractivity contribution < 1.29 is 14.1 Å². The van der Waals surface area contributed by atoms with Crippen LogP contribution in [0.25, 0.3) is 11.1 Å². The summed E-state index contributed by atoms with van der Waals surface area (Å²) >= 11 is 0. The number of hydrogen-bond donors (Lipinski definition) is 0. The summed E-state index contributed by atoms with van der Waals surface area (Å²) in [5, 5.41) is 4.87. The normalized spacial score (nSPS) is 19.4. The van der Waals surface area contributed by atoms with E-state index in [1.54, 1.807) is 7.11 Å². The van der Waals surface area contributed by atoms with Gasteiger partial charge in [0, 0.05) is 45.0 Å². The van der Waals surface area contributed by atoms with Crippen LogP contribution in [0.5, 0.6) is 5.75 Å². The first-order valence-electron chi connectivity index (χ1n) is 11.1. The van der Waals surface area contributed by atoms with Gasteiger partial charge in [0.25, 0.3) is 5.71 Å². The minimum atomic E-state index is -0.0264. The van der Waals surface area contributed by atoms with Crippen LogP contribution in [-0.2, 0) is 4.79 Å². The van der Waals surface area contributed by atoms with Crippen molar-refractivity contribution in [3.63, 3.8) is 0 Å². The number of amides is 1. The highest BCUT2D eigenvalue weighted by Crippen LogP contribution is 2.30. The monoisotopic (exact) mass is 436 g/mol. The molecule has 2 saturated heterocycles. The van der Waals surface area contributed by atoms with E-state index in [2.05, 4.69) is 37.1 Å². The maximum Gasteiger partial charge on any atom is 0.263 e. The second-order valence-electron chi connectivity index (χ2n) is 8.44. The Morgan fingerprint density at radius 3 is 2.59 bits per heavy atom. The van der Waals surface area contributed by atoms with Crippen LogP contribution in [0, 0.1) is 12.8 Å². The van der Waals surface area contributed by atoms with Crippen molar-refractivity contribution in [2.75, 3.05) is 56.2 Å². The van der Waals surface area contributed by atoms with Crippen LogP contribution in [-0.4, -0.2) is 72.3 Å². The second-order valence-corrected chi connectivity index (χ2v) is 8.44. The SMILES string of the molecule is COc1ccc(N2CCN(C(=O)[C@H]3CCCN(c4ncnc5onc(C)c45)C3)CC2)cc1. The van der Waals surface area contributed by atoms with E-state index in [1.807, 2.05) is 24.0 Å². The lowest BCUT2D eigenvalue weighted by Crippen LogP contribution is -2.52. The van der Waals surface area contributed by atoms with Crippen molar-refractivity contribution in [3.8, 4) is 5.75 Å². The standard InChI is InChI=1S/C23H28N6O3/c1-16-20-21(24-15-25-22(20)32-26-16)29-9-3-4-17(14-29)23(30)28-12-10-27(11-13-28)18-5-7-19(31-2)8-6-18/h5-8,15,17H,3-4,9-14H2,1-2H3/t17-/m0/s1. The van der Waals surface area contributed by atoms with E-state index in [1.165, 1.54) is 12.0 Å². The van der Waals surface area contributed by atoms with Crippen LogP contribution in [0.15, 0.2) is 35.1 Å². The molecule has 0 spiro atoms. The molecule has 3 aromatic rings. The Morgan fingerprint density at radius 1 is 1.06 bits per heavy atom. The van der Waals surface area contributed by atoms with Crippen molar-refractivity contribution in [3.05, 3.63) is 36.3 Å². The highest BCUT2D eigenvalue weighted by atomic mass is 16.5. The minimum absolute atomic E-state index is 0.0264. The summed E-state index contributed by atoms with van der Waals surface area (Å²) < 4.78 is 10.5. The third-order valence-corrected chi connectivity index (χ3v) is 6.52. The van der Waals surface area contributed by atoms with Crippen molar-refractivity contribution in [1.29, 1.82) is 0 Å². The van der Waals surface area contributed by atoms with Gasteiger partial charge < -0.3 is 24.0 Å². The quantitative estimate of drug-likeness (QED) is 0.617. The van der Waals surface area contributed by atoms with Gasteiger partial charge in [-0.2, -0.15) is 4.98 Å². The van der Waals surface area contributed by atoms with Gasteiger partial charge in [0.05, 0.1) is 18.7 Å². The first-order chi connectivity index (χ1) is 15.6. The summed E-state index contributed by atoms with van der Waals surface area (Å²) in [6, 6.07) is 8.10. The number of piperazine rings is 1. The largest absolute Gasteiger partial charge is 0.497 e. The molecule has 0 saturated carbocycles. The lowest BCUT2D eigenvalue weighted by molar-refractivity contribution is -0.136. The van der Waals surface area contributed by atoms with E-state index in [0.29, 0.717) is 12.3 Å². The lowest BCUT2D eigenvalue weighted by atomic mass is 9.96. The number of nitrogens with zero attached hydrogens (tertiary/aromatic N) is 6. The first-order valence-corrected chi connectivity index (χ1v) is 11.1. The van der Waals surface area contributed by atoms with Gasteiger partial charge in [0.1, 0.15) is 23.3 Å². The molecule has 2 aliphatic heterocycles. The van der Waals surface area contributed by atoms with Gasteiger partial charge in [-0.05, 0) is 44.0 Å². The number of hydrogen-bond acceptors (Lipinski definition) is 8. The Bertz CT molecular complexity index is 1090. The highest BCUT2D eigenvalue weighted by molar-refractivity contribution is 5.88. The van der Waals surface area contributed by atoms with Crippen LogP contribution in [0.4, 0.5) is 11.5 Å². The van der Waals surface area contributed by atoms with E-state index < -0.39 is 0 Å². The molecule has 9 nitrogen and oxygen atoms in total. The Morgan fingerprint density at radius 2 is 1.84 bits per heavy atom. The average Bonchev–Trinajstić information content (AvgIpc) is 3.25. The highest BCUT2D eigenvalue weighted by Gasteiger charge is 2.32. The number of methoxy groups -OCH3 is 1.